The fourth-order valence-electron chi connectivity index (χ4n) is 2.87. The Bertz CT molecular complexity index is 633. The number of aryl methyl sites for hydroxylation is 1. The topological polar surface area (TPSA) is 46.9 Å². The number of nitrogens with one attached hydrogen (secondary N) is 1. The number of hydrogen-bond donors (Lipinski definition) is 1. The van der Waals surface area contributed by atoms with E-state index in [0.29, 0.717) is 17.4 Å². The van der Waals surface area contributed by atoms with Crippen molar-refractivity contribution in [1.29, 1.82) is 0 Å². The molecule has 1 heterocycles. The van der Waals surface area contributed by atoms with Gasteiger partial charge in [-0.15, -0.1) is 0 Å². The Morgan fingerprint density at radius 1 is 1.13 bits per heavy atom. The lowest BCUT2D eigenvalue weighted by molar-refractivity contribution is 0.0910. The third kappa shape index (κ3) is 4.44. The lowest BCUT2D eigenvalue weighted by Gasteiger charge is -2.26. The van der Waals surface area contributed by atoms with Crippen molar-refractivity contribution in [1.82, 2.24) is 14.9 Å². The Morgan fingerprint density at radius 3 is 2.22 bits per heavy atom. The SMILES string of the molecule is Cc1nccn1Cc1ccc(C(=O)NC(C(C)C)C(C)C)cc1. The molecule has 0 saturated carbocycles. The van der Waals surface area contributed by atoms with Crippen LogP contribution in [0.1, 0.15) is 49.4 Å². The third-order valence-electron chi connectivity index (χ3n) is 4.23. The van der Waals surface area contributed by atoms with Crippen LogP contribution in [0.3, 0.4) is 0 Å². The van der Waals surface area contributed by atoms with Crippen molar-refractivity contribution in [3.8, 4) is 0 Å². The van der Waals surface area contributed by atoms with Crippen LogP contribution in [0, 0.1) is 18.8 Å². The van der Waals surface area contributed by atoms with Gasteiger partial charge in [0.15, 0.2) is 0 Å². The predicted molar refractivity (Wildman–Crippen MR) is 93.4 cm³/mol. The van der Waals surface area contributed by atoms with Crippen molar-refractivity contribution in [2.24, 2.45) is 11.8 Å². The summed E-state index contributed by atoms with van der Waals surface area (Å²) >= 11 is 0. The molecule has 1 aromatic heterocycles. The zero-order chi connectivity index (χ0) is 17.0. The molecule has 2 aromatic rings. The Kier molecular flexibility index (Phi) is 5.59. The molecular weight excluding hydrogens is 286 g/mol. The van der Waals surface area contributed by atoms with E-state index in [4.69, 9.17) is 0 Å². The number of rotatable bonds is 6. The Morgan fingerprint density at radius 2 is 1.74 bits per heavy atom. The van der Waals surface area contributed by atoms with Gasteiger partial charge in [-0.2, -0.15) is 0 Å². The van der Waals surface area contributed by atoms with E-state index in [9.17, 15) is 4.79 Å². The minimum atomic E-state index is 0.00256. The van der Waals surface area contributed by atoms with Gasteiger partial charge in [-0.05, 0) is 36.5 Å². The summed E-state index contributed by atoms with van der Waals surface area (Å²) in [4.78, 5) is 16.6. The molecule has 0 unspecified atom stereocenters. The number of benzene rings is 1. The summed E-state index contributed by atoms with van der Waals surface area (Å²) in [5.41, 5.74) is 1.87. The summed E-state index contributed by atoms with van der Waals surface area (Å²) in [6.07, 6.45) is 3.76. The van der Waals surface area contributed by atoms with Gasteiger partial charge in [-0.1, -0.05) is 39.8 Å². The second-order valence-electron chi connectivity index (χ2n) is 6.79. The minimum absolute atomic E-state index is 0.00256. The fraction of sp³-hybridized carbons (Fsp3) is 0.474. The molecule has 2 rings (SSSR count). The van der Waals surface area contributed by atoms with Crippen LogP contribution in [0.25, 0.3) is 0 Å². The molecule has 0 aliphatic carbocycles. The van der Waals surface area contributed by atoms with E-state index in [2.05, 4.69) is 42.6 Å². The molecule has 1 amide bonds. The third-order valence-corrected chi connectivity index (χ3v) is 4.23. The fourth-order valence-corrected chi connectivity index (χ4v) is 2.87. The molecule has 0 atom stereocenters. The zero-order valence-electron chi connectivity index (χ0n) is 14.7. The van der Waals surface area contributed by atoms with Crippen LogP contribution in [0.5, 0.6) is 0 Å². The number of hydrogen-bond acceptors (Lipinski definition) is 2. The van der Waals surface area contributed by atoms with Gasteiger partial charge in [0, 0.05) is 30.5 Å². The molecule has 0 fully saturated rings. The van der Waals surface area contributed by atoms with E-state index in [1.54, 1.807) is 6.20 Å². The smallest absolute Gasteiger partial charge is 0.251 e. The van der Waals surface area contributed by atoms with Crippen LogP contribution in [0.4, 0.5) is 0 Å². The first-order valence-electron chi connectivity index (χ1n) is 8.26. The molecule has 4 nitrogen and oxygen atoms in total. The molecule has 1 aromatic carbocycles. The molecule has 0 radical (unpaired) electrons. The van der Waals surface area contributed by atoms with Crippen LogP contribution in [-0.4, -0.2) is 21.5 Å². The van der Waals surface area contributed by atoms with E-state index in [0.717, 1.165) is 17.9 Å². The number of aromatic nitrogens is 2. The lowest BCUT2D eigenvalue weighted by Crippen LogP contribution is -2.42. The maximum atomic E-state index is 12.4. The maximum Gasteiger partial charge on any atom is 0.251 e. The van der Waals surface area contributed by atoms with Gasteiger partial charge in [-0.3, -0.25) is 4.79 Å². The average molecular weight is 313 g/mol. The van der Waals surface area contributed by atoms with Crippen LogP contribution in [0.15, 0.2) is 36.7 Å². The first kappa shape index (κ1) is 17.3. The second kappa shape index (κ2) is 7.44. The largest absolute Gasteiger partial charge is 0.349 e. The van der Waals surface area contributed by atoms with Gasteiger partial charge in [0.2, 0.25) is 0 Å². The second-order valence-corrected chi connectivity index (χ2v) is 6.79. The van der Waals surface area contributed by atoms with Crippen molar-refractivity contribution >= 4 is 5.91 Å². The van der Waals surface area contributed by atoms with Crippen LogP contribution >= 0.6 is 0 Å². The Labute approximate surface area is 138 Å². The Hall–Kier alpha value is -2.10. The number of amides is 1. The van der Waals surface area contributed by atoms with Crippen molar-refractivity contribution in [3.63, 3.8) is 0 Å². The van der Waals surface area contributed by atoms with Crippen LogP contribution in [-0.2, 0) is 6.54 Å². The van der Waals surface area contributed by atoms with Gasteiger partial charge < -0.3 is 9.88 Å². The molecule has 4 heteroatoms. The maximum absolute atomic E-state index is 12.4. The molecule has 23 heavy (non-hydrogen) atoms. The number of carbonyl (C=O) groups is 1. The highest BCUT2D eigenvalue weighted by atomic mass is 16.1. The van der Waals surface area contributed by atoms with Crippen molar-refractivity contribution in [3.05, 3.63) is 53.6 Å². The van der Waals surface area contributed by atoms with Crippen molar-refractivity contribution in [2.45, 2.75) is 47.2 Å². The summed E-state index contributed by atoms with van der Waals surface area (Å²) in [5, 5.41) is 3.15. The Balaban J connectivity index is 2.04. The lowest BCUT2D eigenvalue weighted by atomic mass is 9.93. The minimum Gasteiger partial charge on any atom is -0.349 e. The highest BCUT2D eigenvalue weighted by molar-refractivity contribution is 5.94. The predicted octanol–water partition coefficient (Wildman–Crippen LogP) is 3.65. The number of nitrogens with zero attached hydrogens (tertiary/aromatic N) is 2. The summed E-state index contributed by atoms with van der Waals surface area (Å²) in [5.74, 6) is 1.83. The van der Waals surface area contributed by atoms with Gasteiger partial charge >= 0.3 is 0 Å². The molecule has 0 spiro atoms. The van der Waals surface area contributed by atoms with Gasteiger partial charge in [0.25, 0.3) is 5.91 Å². The zero-order valence-corrected chi connectivity index (χ0v) is 14.7. The first-order valence-corrected chi connectivity index (χ1v) is 8.26. The normalized spacial score (nSPS) is 11.5. The van der Waals surface area contributed by atoms with Crippen LogP contribution < -0.4 is 5.32 Å². The van der Waals surface area contributed by atoms with Gasteiger partial charge in [-0.25, -0.2) is 4.98 Å². The molecule has 124 valence electrons. The summed E-state index contributed by atoms with van der Waals surface area (Å²) in [6.45, 7) is 11.3. The van der Waals surface area contributed by atoms with Crippen LogP contribution in [0.2, 0.25) is 0 Å². The summed E-state index contributed by atoms with van der Waals surface area (Å²) < 4.78 is 2.09. The summed E-state index contributed by atoms with van der Waals surface area (Å²) in [6, 6.07) is 8.00. The van der Waals surface area contributed by atoms with Gasteiger partial charge in [0.1, 0.15) is 5.82 Å². The van der Waals surface area contributed by atoms with E-state index < -0.39 is 0 Å². The highest BCUT2D eigenvalue weighted by Crippen LogP contribution is 2.14. The monoisotopic (exact) mass is 313 g/mol. The molecule has 0 aliphatic rings. The van der Waals surface area contributed by atoms with E-state index >= 15 is 0 Å². The molecule has 1 N–H and O–H groups in total. The summed E-state index contributed by atoms with van der Waals surface area (Å²) in [7, 11) is 0. The quantitative estimate of drug-likeness (QED) is 0.885. The number of carbonyl (C=O) groups excluding carboxylic acids is 1. The molecular formula is C19H27N3O. The first-order chi connectivity index (χ1) is 10.9. The molecule has 0 saturated heterocycles. The molecule has 0 bridgehead atoms. The van der Waals surface area contributed by atoms with E-state index in [-0.39, 0.29) is 11.9 Å². The van der Waals surface area contributed by atoms with Crippen molar-refractivity contribution < 1.29 is 4.79 Å². The molecule has 0 aliphatic heterocycles. The van der Waals surface area contributed by atoms with E-state index in [1.807, 2.05) is 37.4 Å². The van der Waals surface area contributed by atoms with Crippen molar-refractivity contribution in [2.75, 3.05) is 0 Å². The average Bonchev–Trinajstić information content (AvgIpc) is 2.90. The van der Waals surface area contributed by atoms with Gasteiger partial charge in [0.05, 0.1) is 0 Å². The standard InChI is InChI=1S/C19H27N3O/c1-13(2)18(14(3)4)21-19(23)17-8-6-16(7-9-17)12-22-11-10-20-15(22)5/h6-11,13-14,18H,12H2,1-5H3,(H,21,23). The number of imidazole rings is 1. The van der Waals surface area contributed by atoms with E-state index in [1.165, 1.54) is 0 Å². The highest BCUT2D eigenvalue weighted by Gasteiger charge is 2.20.